The van der Waals surface area contributed by atoms with Crippen LogP contribution in [0.15, 0.2) is 0 Å². The minimum Gasteiger partial charge on any atom is -0.299 e. The largest absolute Gasteiger partial charge is 0.299 e. The van der Waals surface area contributed by atoms with Crippen LogP contribution in [0.1, 0.15) is 155 Å². The Balaban J connectivity index is 3.24. The summed E-state index contributed by atoms with van der Waals surface area (Å²) in [6.07, 6.45) is 26.0. The summed E-state index contributed by atoms with van der Waals surface area (Å²) in [7, 11) is 0. The molecular weight excluding hydrogens is 344 g/mol. The average molecular weight is 395 g/mol. The first-order valence-corrected chi connectivity index (χ1v) is 12.7. The summed E-state index contributed by atoms with van der Waals surface area (Å²) in [6, 6.07) is 0. The zero-order valence-electron chi connectivity index (χ0n) is 19.4. The highest BCUT2D eigenvalue weighted by atomic mass is 16.1. The van der Waals surface area contributed by atoms with Crippen molar-refractivity contribution < 1.29 is 9.59 Å². The van der Waals surface area contributed by atoms with Crippen LogP contribution in [0.3, 0.4) is 0 Å². The number of hydrogen-bond donors (Lipinski definition) is 0. The lowest BCUT2D eigenvalue weighted by Crippen LogP contribution is -2.07. The third-order valence-electron chi connectivity index (χ3n) is 5.76. The van der Waals surface area contributed by atoms with Crippen LogP contribution in [0.25, 0.3) is 0 Å². The molecule has 0 rings (SSSR count). The van der Waals surface area contributed by atoms with Crippen molar-refractivity contribution in [3.05, 3.63) is 0 Å². The van der Waals surface area contributed by atoms with Gasteiger partial charge < -0.3 is 0 Å². The minimum atomic E-state index is 0.155. The van der Waals surface area contributed by atoms with E-state index in [-0.39, 0.29) is 18.0 Å². The summed E-state index contributed by atoms with van der Waals surface area (Å²) in [5, 5.41) is 0. The van der Waals surface area contributed by atoms with Crippen LogP contribution >= 0.6 is 0 Å². The first kappa shape index (κ1) is 27.3. The number of ketones is 2. The Morgan fingerprint density at radius 3 is 0.964 bits per heavy atom. The van der Waals surface area contributed by atoms with Gasteiger partial charge in [-0.25, -0.2) is 0 Å². The van der Waals surface area contributed by atoms with Crippen LogP contribution in [0.2, 0.25) is 0 Å². The topological polar surface area (TPSA) is 34.1 Å². The Kier molecular flexibility index (Phi) is 22.1. The van der Waals surface area contributed by atoms with E-state index in [0.717, 1.165) is 25.7 Å². The fourth-order valence-electron chi connectivity index (χ4n) is 3.84. The molecule has 0 heterocycles. The van der Waals surface area contributed by atoms with Gasteiger partial charge in [-0.05, 0) is 12.8 Å². The van der Waals surface area contributed by atoms with Crippen molar-refractivity contribution in [2.75, 3.05) is 0 Å². The molecule has 0 bridgehead atoms. The number of rotatable bonds is 23. The molecule has 0 saturated carbocycles. The maximum Gasteiger partial charge on any atom is 0.140 e. The Morgan fingerprint density at radius 2 is 0.643 bits per heavy atom. The van der Waals surface area contributed by atoms with Crippen molar-refractivity contribution in [1.82, 2.24) is 0 Å². The van der Waals surface area contributed by atoms with Crippen molar-refractivity contribution in [2.24, 2.45) is 0 Å². The van der Waals surface area contributed by atoms with Gasteiger partial charge in [-0.2, -0.15) is 0 Å². The van der Waals surface area contributed by atoms with Crippen molar-refractivity contribution in [3.8, 4) is 0 Å². The monoisotopic (exact) mass is 394 g/mol. The number of Topliss-reactive ketones (excluding diaryl/α,β-unsaturated/α-hetero) is 2. The Hall–Kier alpha value is -0.660. The van der Waals surface area contributed by atoms with Crippen LogP contribution < -0.4 is 0 Å². The van der Waals surface area contributed by atoms with Crippen LogP contribution in [-0.2, 0) is 9.59 Å². The zero-order valence-corrected chi connectivity index (χ0v) is 19.4. The normalized spacial score (nSPS) is 11.1. The van der Waals surface area contributed by atoms with Crippen molar-refractivity contribution in [3.63, 3.8) is 0 Å². The summed E-state index contributed by atoms with van der Waals surface area (Å²) in [6.45, 7) is 4.45. The van der Waals surface area contributed by atoms with E-state index >= 15 is 0 Å². The molecule has 0 aromatic carbocycles. The van der Waals surface area contributed by atoms with E-state index in [1.54, 1.807) is 0 Å². The molecule has 0 aliphatic carbocycles. The standard InChI is InChI=1S/C26H50O2/c1-3-5-7-9-10-11-12-13-14-15-16-17-18-19-21-23-26(28)24-25(27)22-20-8-6-4-2/h3-24H2,1-2H3. The summed E-state index contributed by atoms with van der Waals surface area (Å²) >= 11 is 0. The highest BCUT2D eigenvalue weighted by molar-refractivity contribution is 5.98. The van der Waals surface area contributed by atoms with Gasteiger partial charge in [0.05, 0.1) is 6.42 Å². The molecule has 2 heteroatoms. The molecule has 0 unspecified atom stereocenters. The second-order valence-electron chi connectivity index (χ2n) is 8.76. The summed E-state index contributed by atoms with van der Waals surface area (Å²) in [5.41, 5.74) is 0. The summed E-state index contributed by atoms with van der Waals surface area (Å²) in [5.74, 6) is 0.317. The zero-order chi connectivity index (χ0) is 20.7. The Morgan fingerprint density at radius 1 is 0.393 bits per heavy atom. The number of carbonyl (C=O) groups is 2. The Bertz CT molecular complexity index is 348. The molecule has 0 amide bonds. The molecule has 0 aromatic rings. The molecule has 0 spiro atoms. The lowest BCUT2D eigenvalue weighted by Gasteiger charge is -2.04. The molecule has 0 aliphatic heterocycles. The molecule has 166 valence electrons. The van der Waals surface area contributed by atoms with Gasteiger partial charge in [0.1, 0.15) is 11.6 Å². The van der Waals surface area contributed by atoms with Gasteiger partial charge in [0.15, 0.2) is 0 Å². The molecule has 28 heavy (non-hydrogen) atoms. The molecule has 0 aromatic heterocycles. The Labute approximate surface area is 176 Å². The summed E-state index contributed by atoms with van der Waals surface area (Å²) in [4.78, 5) is 23.6. The minimum absolute atomic E-state index is 0.155. The maximum atomic E-state index is 11.9. The second kappa shape index (κ2) is 22.6. The fraction of sp³-hybridized carbons (Fsp3) is 0.923. The first-order chi connectivity index (χ1) is 13.7. The van der Waals surface area contributed by atoms with Gasteiger partial charge >= 0.3 is 0 Å². The van der Waals surface area contributed by atoms with E-state index in [2.05, 4.69) is 13.8 Å². The van der Waals surface area contributed by atoms with E-state index in [1.807, 2.05) is 0 Å². The SMILES string of the molecule is CCCCCCCCCCCCCCCCCC(=O)CC(=O)CCCCCC. The predicted octanol–water partition coefficient (Wildman–Crippen LogP) is 8.75. The smallest absolute Gasteiger partial charge is 0.140 e. The van der Waals surface area contributed by atoms with E-state index < -0.39 is 0 Å². The summed E-state index contributed by atoms with van der Waals surface area (Å²) < 4.78 is 0. The van der Waals surface area contributed by atoms with Crippen molar-refractivity contribution >= 4 is 11.6 Å². The maximum absolute atomic E-state index is 11.9. The van der Waals surface area contributed by atoms with Crippen molar-refractivity contribution in [1.29, 1.82) is 0 Å². The van der Waals surface area contributed by atoms with Crippen LogP contribution in [0, 0.1) is 0 Å². The van der Waals surface area contributed by atoms with Crippen molar-refractivity contribution in [2.45, 2.75) is 155 Å². The van der Waals surface area contributed by atoms with Gasteiger partial charge in [0, 0.05) is 12.8 Å². The van der Waals surface area contributed by atoms with E-state index in [4.69, 9.17) is 0 Å². The highest BCUT2D eigenvalue weighted by Crippen LogP contribution is 2.14. The van der Waals surface area contributed by atoms with Gasteiger partial charge in [-0.3, -0.25) is 9.59 Å². The lowest BCUT2D eigenvalue weighted by molar-refractivity contribution is -0.127. The molecule has 2 nitrogen and oxygen atoms in total. The molecule has 0 radical (unpaired) electrons. The first-order valence-electron chi connectivity index (χ1n) is 12.7. The molecule has 0 atom stereocenters. The number of unbranched alkanes of at least 4 members (excludes halogenated alkanes) is 17. The quantitative estimate of drug-likeness (QED) is 0.128. The number of carbonyl (C=O) groups excluding carboxylic acids is 2. The van der Waals surface area contributed by atoms with E-state index in [1.165, 1.54) is 96.3 Å². The average Bonchev–Trinajstić information content (AvgIpc) is 2.68. The van der Waals surface area contributed by atoms with Crippen LogP contribution in [0.4, 0.5) is 0 Å². The van der Waals surface area contributed by atoms with Gasteiger partial charge in [0.2, 0.25) is 0 Å². The highest BCUT2D eigenvalue weighted by Gasteiger charge is 2.09. The van der Waals surface area contributed by atoms with Gasteiger partial charge in [-0.15, -0.1) is 0 Å². The molecule has 0 fully saturated rings. The molecule has 0 aliphatic rings. The van der Waals surface area contributed by atoms with E-state index in [9.17, 15) is 9.59 Å². The molecule has 0 saturated heterocycles. The van der Waals surface area contributed by atoms with Gasteiger partial charge in [-0.1, -0.05) is 123 Å². The van der Waals surface area contributed by atoms with E-state index in [0.29, 0.717) is 12.8 Å². The van der Waals surface area contributed by atoms with Gasteiger partial charge in [0.25, 0.3) is 0 Å². The van der Waals surface area contributed by atoms with Crippen LogP contribution in [-0.4, -0.2) is 11.6 Å². The second-order valence-corrected chi connectivity index (χ2v) is 8.76. The number of hydrogen-bond acceptors (Lipinski definition) is 2. The fourth-order valence-corrected chi connectivity index (χ4v) is 3.84. The lowest BCUT2D eigenvalue weighted by atomic mass is 10.0. The molecular formula is C26H50O2. The third kappa shape index (κ3) is 21.6. The third-order valence-corrected chi connectivity index (χ3v) is 5.76. The predicted molar refractivity (Wildman–Crippen MR) is 123 cm³/mol. The van der Waals surface area contributed by atoms with Crippen LogP contribution in [0.5, 0.6) is 0 Å². The molecule has 0 N–H and O–H groups in total.